The zero-order chi connectivity index (χ0) is 11.6. The number of nitrogens with one attached hydrogen (secondary N) is 1. The second-order valence-electron chi connectivity index (χ2n) is 3.99. The third-order valence-corrected chi connectivity index (χ3v) is 2.78. The zero-order valence-electron chi connectivity index (χ0n) is 8.72. The third-order valence-electron chi connectivity index (χ3n) is 2.78. The molecule has 1 fully saturated rings. The Morgan fingerprint density at radius 1 is 1.31 bits per heavy atom. The number of aromatic nitrogens is 1. The number of hydrogen-bond donors (Lipinski definition) is 1. The lowest BCUT2D eigenvalue weighted by atomic mass is 9.95. The second-order valence-corrected chi connectivity index (χ2v) is 3.99. The maximum Gasteiger partial charge on any atom is 0.433 e. The van der Waals surface area contributed by atoms with Crippen molar-refractivity contribution < 1.29 is 13.2 Å². The number of hydrogen-bond acceptors (Lipinski definition) is 2. The fourth-order valence-corrected chi connectivity index (χ4v) is 1.94. The molecule has 0 radical (unpaired) electrons. The van der Waals surface area contributed by atoms with Crippen LogP contribution in [0.2, 0.25) is 0 Å². The van der Waals surface area contributed by atoms with Crippen LogP contribution < -0.4 is 5.32 Å². The fourth-order valence-electron chi connectivity index (χ4n) is 1.94. The minimum absolute atomic E-state index is 0.107. The van der Waals surface area contributed by atoms with Crippen LogP contribution in [0.1, 0.15) is 30.1 Å². The van der Waals surface area contributed by atoms with Gasteiger partial charge in [-0.1, -0.05) is 6.07 Å². The van der Waals surface area contributed by atoms with Crippen molar-refractivity contribution >= 4 is 0 Å². The average Bonchev–Trinajstić information content (AvgIpc) is 2.29. The number of alkyl halides is 3. The van der Waals surface area contributed by atoms with Crippen LogP contribution in [0.5, 0.6) is 0 Å². The van der Waals surface area contributed by atoms with E-state index >= 15 is 0 Å². The molecule has 1 aliphatic heterocycles. The van der Waals surface area contributed by atoms with E-state index in [1.165, 1.54) is 6.07 Å². The Kier molecular flexibility index (Phi) is 3.14. The summed E-state index contributed by atoms with van der Waals surface area (Å²) in [6.45, 7) is 1.66. The van der Waals surface area contributed by atoms with Gasteiger partial charge in [0, 0.05) is 18.2 Å². The highest BCUT2D eigenvalue weighted by Crippen LogP contribution is 2.29. The highest BCUT2D eigenvalue weighted by Gasteiger charge is 2.33. The van der Waals surface area contributed by atoms with Crippen LogP contribution in [0.4, 0.5) is 13.2 Å². The van der Waals surface area contributed by atoms with Crippen molar-refractivity contribution in [2.24, 2.45) is 0 Å². The standard InChI is InChI=1S/C11H13F3N2/c12-11(13,14)10-5-1-4-9(16-10)8-3-2-6-15-7-8/h1,4-5,8,15H,2-3,6-7H2. The molecule has 2 heterocycles. The summed E-state index contributed by atoms with van der Waals surface area (Å²) in [5, 5.41) is 3.17. The molecule has 16 heavy (non-hydrogen) atoms. The topological polar surface area (TPSA) is 24.9 Å². The van der Waals surface area contributed by atoms with Crippen molar-refractivity contribution in [2.45, 2.75) is 24.9 Å². The van der Waals surface area contributed by atoms with Crippen molar-refractivity contribution in [1.29, 1.82) is 0 Å². The predicted octanol–water partition coefficient (Wildman–Crippen LogP) is 2.57. The highest BCUT2D eigenvalue weighted by molar-refractivity contribution is 5.17. The number of rotatable bonds is 1. The van der Waals surface area contributed by atoms with Gasteiger partial charge in [-0.15, -0.1) is 0 Å². The Morgan fingerprint density at radius 2 is 2.12 bits per heavy atom. The summed E-state index contributed by atoms with van der Waals surface area (Å²) in [4.78, 5) is 3.70. The van der Waals surface area contributed by atoms with Gasteiger partial charge < -0.3 is 5.32 Å². The Balaban J connectivity index is 2.21. The lowest BCUT2D eigenvalue weighted by Gasteiger charge is -2.22. The molecule has 0 saturated carbocycles. The molecular formula is C11H13F3N2. The number of halogens is 3. The van der Waals surface area contributed by atoms with E-state index < -0.39 is 11.9 Å². The zero-order valence-corrected chi connectivity index (χ0v) is 8.72. The summed E-state index contributed by atoms with van der Waals surface area (Å²) >= 11 is 0. The van der Waals surface area contributed by atoms with Crippen LogP contribution >= 0.6 is 0 Å². The molecule has 1 saturated heterocycles. The Hall–Kier alpha value is -1.10. The molecule has 88 valence electrons. The van der Waals surface area contributed by atoms with E-state index in [9.17, 15) is 13.2 Å². The lowest BCUT2D eigenvalue weighted by molar-refractivity contribution is -0.141. The molecule has 1 aromatic heterocycles. The van der Waals surface area contributed by atoms with Crippen molar-refractivity contribution in [3.63, 3.8) is 0 Å². The quantitative estimate of drug-likeness (QED) is 0.802. The molecule has 1 N–H and O–H groups in total. The van der Waals surface area contributed by atoms with Gasteiger partial charge in [0.15, 0.2) is 0 Å². The van der Waals surface area contributed by atoms with Gasteiger partial charge in [-0.2, -0.15) is 13.2 Å². The first-order valence-corrected chi connectivity index (χ1v) is 5.32. The molecule has 1 aromatic rings. The summed E-state index contributed by atoms with van der Waals surface area (Å²) in [6, 6.07) is 4.12. The molecule has 2 nitrogen and oxygen atoms in total. The van der Waals surface area contributed by atoms with Crippen molar-refractivity contribution in [1.82, 2.24) is 10.3 Å². The third kappa shape index (κ3) is 2.52. The first kappa shape index (κ1) is 11.4. The van der Waals surface area contributed by atoms with Gasteiger partial charge in [0.05, 0.1) is 0 Å². The minimum Gasteiger partial charge on any atom is -0.316 e. The van der Waals surface area contributed by atoms with E-state index in [0.717, 1.165) is 25.5 Å². The minimum atomic E-state index is -4.35. The molecule has 5 heteroatoms. The molecule has 1 aliphatic rings. The van der Waals surface area contributed by atoms with Crippen molar-refractivity contribution in [3.05, 3.63) is 29.6 Å². The number of nitrogens with zero attached hydrogens (tertiary/aromatic N) is 1. The van der Waals surface area contributed by atoms with Crippen LogP contribution in [0.3, 0.4) is 0 Å². The highest BCUT2D eigenvalue weighted by atomic mass is 19.4. The summed E-state index contributed by atoms with van der Waals surface area (Å²) in [7, 11) is 0. The predicted molar refractivity (Wildman–Crippen MR) is 54.1 cm³/mol. The van der Waals surface area contributed by atoms with Crippen LogP contribution in [0, 0.1) is 0 Å². The maximum absolute atomic E-state index is 12.5. The lowest BCUT2D eigenvalue weighted by Crippen LogP contribution is -2.29. The largest absolute Gasteiger partial charge is 0.433 e. The van der Waals surface area contributed by atoms with Gasteiger partial charge in [-0.05, 0) is 31.5 Å². The van der Waals surface area contributed by atoms with Crippen LogP contribution in [-0.2, 0) is 6.18 Å². The first-order valence-electron chi connectivity index (χ1n) is 5.32. The van der Waals surface area contributed by atoms with Gasteiger partial charge in [-0.25, -0.2) is 4.98 Å². The van der Waals surface area contributed by atoms with E-state index in [0.29, 0.717) is 12.2 Å². The van der Waals surface area contributed by atoms with Gasteiger partial charge in [-0.3, -0.25) is 0 Å². The smallest absolute Gasteiger partial charge is 0.316 e. The monoisotopic (exact) mass is 230 g/mol. The fraction of sp³-hybridized carbons (Fsp3) is 0.545. The van der Waals surface area contributed by atoms with E-state index in [4.69, 9.17) is 0 Å². The molecule has 1 unspecified atom stereocenters. The SMILES string of the molecule is FC(F)(F)c1cccc(C2CCCNC2)n1. The summed E-state index contributed by atoms with van der Waals surface area (Å²) in [5.41, 5.74) is -0.252. The van der Waals surface area contributed by atoms with E-state index in [1.807, 2.05) is 0 Å². The Morgan fingerprint density at radius 3 is 2.75 bits per heavy atom. The van der Waals surface area contributed by atoms with Gasteiger partial charge in [0.2, 0.25) is 0 Å². The van der Waals surface area contributed by atoms with Gasteiger partial charge in [0.1, 0.15) is 5.69 Å². The molecule has 0 bridgehead atoms. The van der Waals surface area contributed by atoms with E-state index in [-0.39, 0.29) is 5.92 Å². The summed E-state index contributed by atoms with van der Waals surface area (Å²) < 4.78 is 37.4. The summed E-state index contributed by atoms with van der Waals surface area (Å²) in [5.74, 6) is 0.107. The maximum atomic E-state index is 12.5. The van der Waals surface area contributed by atoms with Gasteiger partial charge >= 0.3 is 6.18 Å². The second kappa shape index (κ2) is 4.41. The molecular weight excluding hydrogens is 217 g/mol. The molecule has 0 spiro atoms. The number of piperidine rings is 1. The molecule has 0 aliphatic carbocycles. The Bertz CT molecular complexity index is 356. The van der Waals surface area contributed by atoms with Crippen LogP contribution in [0.15, 0.2) is 18.2 Å². The molecule has 0 amide bonds. The molecule has 0 aromatic carbocycles. The van der Waals surface area contributed by atoms with Crippen LogP contribution in [-0.4, -0.2) is 18.1 Å². The van der Waals surface area contributed by atoms with Crippen LogP contribution in [0.25, 0.3) is 0 Å². The first-order chi connectivity index (χ1) is 7.57. The van der Waals surface area contributed by atoms with Gasteiger partial charge in [0.25, 0.3) is 0 Å². The molecule has 1 atom stereocenters. The van der Waals surface area contributed by atoms with Crippen molar-refractivity contribution in [2.75, 3.05) is 13.1 Å². The normalized spacial score (nSPS) is 22.1. The Labute approximate surface area is 91.9 Å². The number of pyridine rings is 1. The van der Waals surface area contributed by atoms with E-state index in [1.54, 1.807) is 6.07 Å². The molecule has 2 rings (SSSR count). The average molecular weight is 230 g/mol. The summed E-state index contributed by atoms with van der Waals surface area (Å²) in [6.07, 6.45) is -2.46. The van der Waals surface area contributed by atoms with Crippen molar-refractivity contribution in [3.8, 4) is 0 Å². The van der Waals surface area contributed by atoms with E-state index in [2.05, 4.69) is 10.3 Å².